The minimum Gasteiger partial charge on any atom is -0.383 e. The lowest BCUT2D eigenvalue weighted by Gasteiger charge is -2.30. The van der Waals surface area contributed by atoms with Crippen LogP contribution in [0.3, 0.4) is 0 Å². The van der Waals surface area contributed by atoms with E-state index in [2.05, 4.69) is 10.6 Å². The largest absolute Gasteiger partial charge is 0.391 e. The van der Waals surface area contributed by atoms with Gasteiger partial charge in [-0.15, -0.1) is 0 Å². The number of carbonyl (C=O) groups excluding carboxylic acids is 1. The molecule has 0 unspecified atom stereocenters. The molecule has 0 spiro atoms. The molecule has 1 aromatic carbocycles. The number of nitrogens with zero attached hydrogens (tertiary/aromatic N) is 1. The molecular formula is C15H17ClF3N3O3. The van der Waals surface area contributed by atoms with Gasteiger partial charge in [-0.2, -0.15) is 13.2 Å². The first-order valence-electron chi connectivity index (χ1n) is 7.66. The zero-order valence-corrected chi connectivity index (χ0v) is 14.1. The lowest BCUT2D eigenvalue weighted by atomic mass is 9.85. The molecule has 1 aliphatic rings. The van der Waals surface area contributed by atoms with Gasteiger partial charge >= 0.3 is 6.18 Å². The summed E-state index contributed by atoms with van der Waals surface area (Å²) in [5.41, 5.74) is -0.222. The quantitative estimate of drug-likeness (QED) is 0.608. The van der Waals surface area contributed by atoms with Gasteiger partial charge in [-0.1, -0.05) is 11.6 Å². The van der Waals surface area contributed by atoms with Crippen LogP contribution in [0.1, 0.15) is 36.0 Å². The molecule has 1 aromatic rings. The number of anilines is 1. The molecule has 0 aromatic heterocycles. The molecule has 6 nitrogen and oxygen atoms in total. The summed E-state index contributed by atoms with van der Waals surface area (Å²) in [6, 6.07) is 1.92. The molecule has 2 N–H and O–H groups in total. The predicted molar refractivity (Wildman–Crippen MR) is 86.9 cm³/mol. The smallest absolute Gasteiger partial charge is 0.383 e. The van der Waals surface area contributed by atoms with Crippen molar-refractivity contribution in [3.05, 3.63) is 32.8 Å². The van der Waals surface area contributed by atoms with Crippen LogP contribution in [0.15, 0.2) is 12.1 Å². The van der Waals surface area contributed by atoms with E-state index in [9.17, 15) is 28.1 Å². The SMILES string of the molecule is CNc1cc(Cl)c(C(=O)NC2CCC(C(F)(F)F)CC2)cc1[N+](=O)[O-]. The fourth-order valence-corrected chi connectivity index (χ4v) is 3.16. The summed E-state index contributed by atoms with van der Waals surface area (Å²) in [7, 11) is 1.48. The normalized spacial score (nSPS) is 20.8. The number of hydrogen-bond donors (Lipinski definition) is 2. The number of hydrogen-bond acceptors (Lipinski definition) is 4. The van der Waals surface area contributed by atoms with Gasteiger partial charge in [0.15, 0.2) is 0 Å². The van der Waals surface area contributed by atoms with Crippen molar-refractivity contribution in [2.45, 2.75) is 37.9 Å². The number of alkyl halides is 3. The molecule has 138 valence electrons. The molecule has 1 aliphatic carbocycles. The average Bonchev–Trinajstić information content (AvgIpc) is 2.53. The molecule has 25 heavy (non-hydrogen) atoms. The van der Waals surface area contributed by atoms with Gasteiger partial charge in [0.25, 0.3) is 11.6 Å². The lowest BCUT2D eigenvalue weighted by molar-refractivity contribution is -0.384. The number of nitro groups is 1. The first-order valence-corrected chi connectivity index (χ1v) is 8.04. The second kappa shape index (κ2) is 7.47. The van der Waals surface area contributed by atoms with Crippen LogP contribution in [0, 0.1) is 16.0 Å². The Morgan fingerprint density at radius 2 is 1.88 bits per heavy atom. The van der Waals surface area contributed by atoms with Crippen LogP contribution in [0.25, 0.3) is 0 Å². The van der Waals surface area contributed by atoms with Gasteiger partial charge in [0, 0.05) is 19.2 Å². The summed E-state index contributed by atoms with van der Waals surface area (Å²) < 4.78 is 38.0. The second-order valence-corrected chi connectivity index (χ2v) is 6.33. The van der Waals surface area contributed by atoms with Gasteiger partial charge in [0.05, 0.1) is 21.4 Å². The second-order valence-electron chi connectivity index (χ2n) is 5.92. The fraction of sp³-hybridized carbons (Fsp3) is 0.533. The van der Waals surface area contributed by atoms with Gasteiger partial charge in [-0.3, -0.25) is 14.9 Å². The predicted octanol–water partition coefficient (Wildman–Crippen LogP) is 4.14. The van der Waals surface area contributed by atoms with Crippen molar-refractivity contribution < 1.29 is 22.9 Å². The minimum absolute atomic E-state index is 0.0245. The highest BCUT2D eigenvalue weighted by molar-refractivity contribution is 6.34. The number of nitrogens with one attached hydrogen (secondary N) is 2. The summed E-state index contributed by atoms with van der Waals surface area (Å²) in [5.74, 6) is -1.98. The van der Waals surface area contributed by atoms with Crippen LogP contribution in [-0.2, 0) is 0 Å². The molecule has 0 aliphatic heterocycles. The van der Waals surface area contributed by atoms with E-state index < -0.39 is 29.0 Å². The van der Waals surface area contributed by atoms with Crippen molar-refractivity contribution in [3.8, 4) is 0 Å². The topological polar surface area (TPSA) is 84.3 Å². The molecule has 2 rings (SSSR count). The van der Waals surface area contributed by atoms with Crippen LogP contribution in [0.2, 0.25) is 5.02 Å². The first-order chi connectivity index (χ1) is 11.6. The van der Waals surface area contributed by atoms with Crippen molar-refractivity contribution >= 4 is 28.9 Å². The standard InChI is InChI=1S/C15H17ClF3N3O3/c1-20-12-7-11(16)10(6-13(12)22(24)25)14(23)21-9-4-2-8(3-5-9)15(17,18)19/h6-9,20H,2-5H2,1H3,(H,21,23). The van der Waals surface area contributed by atoms with Crippen molar-refractivity contribution in [1.82, 2.24) is 5.32 Å². The van der Waals surface area contributed by atoms with Gasteiger partial charge in [-0.25, -0.2) is 0 Å². The Morgan fingerprint density at radius 1 is 1.28 bits per heavy atom. The highest BCUT2D eigenvalue weighted by Crippen LogP contribution is 2.37. The van der Waals surface area contributed by atoms with E-state index in [0.29, 0.717) is 0 Å². The van der Waals surface area contributed by atoms with E-state index in [1.807, 2.05) is 0 Å². The number of amides is 1. The number of benzene rings is 1. The third-order valence-corrected chi connectivity index (χ3v) is 4.63. The summed E-state index contributed by atoms with van der Waals surface area (Å²) in [4.78, 5) is 22.8. The molecule has 1 fully saturated rings. The van der Waals surface area contributed by atoms with E-state index in [-0.39, 0.29) is 47.6 Å². The van der Waals surface area contributed by atoms with Gasteiger partial charge < -0.3 is 10.6 Å². The molecule has 0 heterocycles. The van der Waals surface area contributed by atoms with Crippen LogP contribution in [-0.4, -0.2) is 30.1 Å². The zero-order valence-electron chi connectivity index (χ0n) is 13.3. The molecule has 0 radical (unpaired) electrons. The summed E-state index contributed by atoms with van der Waals surface area (Å²) in [6.07, 6.45) is -3.93. The Morgan fingerprint density at radius 3 is 2.36 bits per heavy atom. The van der Waals surface area contributed by atoms with Crippen LogP contribution >= 0.6 is 11.6 Å². The number of rotatable bonds is 4. The summed E-state index contributed by atoms with van der Waals surface area (Å²) >= 11 is 6.01. The molecule has 0 bridgehead atoms. The Hall–Kier alpha value is -2.03. The molecular weight excluding hydrogens is 363 g/mol. The zero-order chi connectivity index (χ0) is 18.8. The van der Waals surface area contributed by atoms with Gasteiger partial charge in [0.1, 0.15) is 5.69 Å². The van der Waals surface area contributed by atoms with E-state index in [4.69, 9.17) is 11.6 Å². The Labute approximate surface area is 146 Å². The maximum absolute atomic E-state index is 12.7. The third-order valence-electron chi connectivity index (χ3n) is 4.32. The molecule has 0 saturated heterocycles. The van der Waals surface area contributed by atoms with Gasteiger partial charge in [-0.05, 0) is 31.7 Å². The molecule has 10 heteroatoms. The number of nitro benzene ring substituents is 1. The molecule has 1 amide bonds. The Kier molecular flexibility index (Phi) is 5.76. The molecule has 1 saturated carbocycles. The van der Waals surface area contributed by atoms with Crippen LogP contribution in [0.5, 0.6) is 0 Å². The third kappa shape index (κ3) is 4.53. The van der Waals surface area contributed by atoms with Crippen molar-refractivity contribution in [2.75, 3.05) is 12.4 Å². The van der Waals surface area contributed by atoms with Crippen molar-refractivity contribution in [1.29, 1.82) is 0 Å². The Balaban J connectivity index is 2.09. The van der Waals surface area contributed by atoms with E-state index in [1.165, 1.54) is 13.1 Å². The van der Waals surface area contributed by atoms with Gasteiger partial charge in [0.2, 0.25) is 0 Å². The maximum atomic E-state index is 12.7. The van der Waals surface area contributed by atoms with E-state index in [1.54, 1.807) is 0 Å². The van der Waals surface area contributed by atoms with E-state index >= 15 is 0 Å². The number of halogens is 4. The number of carbonyl (C=O) groups is 1. The highest BCUT2D eigenvalue weighted by atomic mass is 35.5. The monoisotopic (exact) mass is 379 g/mol. The minimum atomic E-state index is -4.22. The van der Waals surface area contributed by atoms with Crippen molar-refractivity contribution in [3.63, 3.8) is 0 Å². The Bertz CT molecular complexity index is 674. The van der Waals surface area contributed by atoms with Crippen LogP contribution < -0.4 is 10.6 Å². The molecule has 0 atom stereocenters. The summed E-state index contributed by atoms with van der Waals surface area (Å²) in [6.45, 7) is 0. The highest BCUT2D eigenvalue weighted by Gasteiger charge is 2.41. The summed E-state index contributed by atoms with van der Waals surface area (Å²) in [5, 5.41) is 16.3. The fourth-order valence-electron chi connectivity index (χ4n) is 2.92. The lowest BCUT2D eigenvalue weighted by Crippen LogP contribution is -2.40. The van der Waals surface area contributed by atoms with Crippen molar-refractivity contribution in [2.24, 2.45) is 5.92 Å². The average molecular weight is 380 g/mol. The van der Waals surface area contributed by atoms with E-state index in [0.717, 1.165) is 6.07 Å². The first kappa shape index (κ1) is 19.3. The van der Waals surface area contributed by atoms with Crippen LogP contribution in [0.4, 0.5) is 24.5 Å². The maximum Gasteiger partial charge on any atom is 0.391 e.